The Morgan fingerprint density at radius 3 is 2.08 bits per heavy atom. The minimum Gasteiger partial charge on any atom is -0.481 e. The van der Waals surface area contributed by atoms with Gasteiger partial charge in [-0.15, -0.1) is 11.8 Å². The molecule has 0 spiro atoms. The summed E-state index contributed by atoms with van der Waals surface area (Å²) in [6, 6.07) is 7.57. The summed E-state index contributed by atoms with van der Waals surface area (Å²) in [4.78, 5) is 11.5. The number of aliphatic carboxylic acids is 1. The molecule has 6 nitrogen and oxygen atoms in total. The van der Waals surface area contributed by atoms with Crippen molar-refractivity contribution in [1.82, 2.24) is 0 Å². The highest BCUT2D eigenvalue weighted by Crippen LogP contribution is 2.14. The van der Waals surface area contributed by atoms with Crippen LogP contribution in [0.1, 0.15) is 5.56 Å². The highest BCUT2D eigenvalue weighted by Gasteiger charge is 2.03. The van der Waals surface area contributed by atoms with Gasteiger partial charge in [0.05, 0.1) is 12.0 Å². The largest absolute Gasteiger partial charge is 0.481 e. The number of pyridine rings is 2. The van der Waals surface area contributed by atoms with Gasteiger partial charge in [0.25, 0.3) is 0 Å². The van der Waals surface area contributed by atoms with E-state index in [-0.39, 0.29) is 5.75 Å². The van der Waals surface area contributed by atoms with Crippen molar-refractivity contribution in [2.45, 2.75) is 18.0 Å². The van der Waals surface area contributed by atoms with Gasteiger partial charge in [-0.2, -0.15) is 0 Å². The van der Waals surface area contributed by atoms with Crippen LogP contribution in [0.2, 0.25) is 0 Å². The Labute approximate surface area is 144 Å². The summed E-state index contributed by atoms with van der Waals surface area (Å²) in [7, 11) is 0. The van der Waals surface area contributed by atoms with Crippen LogP contribution in [-0.2, 0) is 17.9 Å². The molecule has 0 bridgehead atoms. The molecule has 0 atom stereocenters. The SMILES string of the molecule is O=C(O)CSc1cc[n+](C/C=C/C[n+]2ccc(/C=N\O)cc2)cc1. The van der Waals surface area contributed by atoms with Crippen LogP contribution in [0.5, 0.6) is 0 Å². The van der Waals surface area contributed by atoms with Gasteiger partial charge in [-0.05, 0) is 12.2 Å². The lowest BCUT2D eigenvalue weighted by Crippen LogP contribution is -2.33. The summed E-state index contributed by atoms with van der Waals surface area (Å²) in [5, 5.41) is 20.1. The number of hydrogen-bond acceptors (Lipinski definition) is 4. The molecule has 2 aromatic heterocycles. The molecule has 2 N–H and O–H groups in total. The molecule has 0 aliphatic carbocycles. The molecule has 0 aliphatic rings. The van der Waals surface area contributed by atoms with Gasteiger partial charge in [0, 0.05) is 34.7 Å². The molecule has 2 heterocycles. The van der Waals surface area contributed by atoms with E-state index in [1.165, 1.54) is 18.0 Å². The second kappa shape index (κ2) is 9.46. The van der Waals surface area contributed by atoms with Crippen molar-refractivity contribution in [3.8, 4) is 0 Å². The van der Waals surface area contributed by atoms with E-state index in [0.29, 0.717) is 0 Å². The van der Waals surface area contributed by atoms with E-state index in [0.717, 1.165) is 23.5 Å². The molecular weight excluding hydrogens is 326 g/mol. The van der Waals surface area contributed by atoms with E-state index < -0.39 is 5.97 Å². The van der Waals surface area contributed by atoms with E-state index in [9.17, 15) is 4.79 Å². The molecular formula is C17H19N3O3S+2. The maximum Gasteiger partial charge on any atom is 0.313 e. The number of carboxylic acid groups (broad SMARTS) is 1. The Morgan fingerprint density at radius 2 is 1.58 bits per heavy atom. The molecule has 0 unspecified atom stereocenters. The molecule has 124 valence electrons. The zero-order valence-corrected chi connectivity index (χ0v) is 13.8. The molecule has 0 saturated heterocycles. The van der Waals surface area contributed by atoms with Gasteiger partial charge >= 0.3 is 5.97 Å². The Hall–Kier alpha value is -2.67. The van der Waals surface area contributed by atoms with E-state index in [4.69, 9.17) is 10.3 Å². The molecule has 0 amide bonds. The number of carbonyl (C=O) groups is 1. The third-order valence-electron chi connectivity index (χ3n) is 3.15. The fourth-order valence-corrected chi connectivity index (χ4v) is 2.55. The van der Waals surface area contributed by atoms with Crippen LogP contribution in [0.4, 0.5) is 0 Å². The van der Waals surface area contributed by atoms with Crippen LogP contribution in [0.25, 0.3) is 0 Å². The standard InChI is InChI=1S/C17H17N3O3S/c21-17(22)14-24-16-5-11-20(12-6-16)8-2-1-7-19-9-3-15(4-10-19)13-18-23/h1-6,9-13H,7-8,14H2/p+2/b2-1+. The zero-order valence-electron chi connectivity index (χ0n) is 13.0. The van der Waals surface area contributed by atoms with Gasteiger partial charge in [0.15, 0.2) is 37.9 Å². The Balaban J connectivity index is 1.79. The highest BCUT2D eigenvalue weighted by atomic mass is 32.2. The Kier molecular flexibility index (Phi) is 6.97. The van der Waals surface area contributed by atoms with Crippen molar-refractivity contribution >= 4 is 23.9 Å². The predicted molar refractivity (Wildman–Crippen MR) is 90.2 cm³/mol. The van der Waals surface area contributed by atoms with Crippen molar-refractivity contribution in [1.29, 1.82) is 0 Å². The second-order valence-corrected chi connectivity index (χ2v) is 6.01. The van der Waals surface area contributed by atoms with E-state index in [1.54, 1.807) is 0 Å². The predicted octanol–water partition coefficient (Wildman–Crippen LogP) is 1.50. The molecule has 0 fully saturated rings. The van der Waals surface area contributed by atoms with Crippen LogP contribution in [-0.4, -0.2) is 28.3 Å². The average molecular weight is 345 g/mol. The first-order valence-electron chi connectivity index (χ1n) is 7.32. The van der Waals surface area contributed by atoms with Gasteiger partial charge in [-0.1, -0.05) is 5.16 Å². The fraction of sp³-hybridized carbons (Fsp3) is 0.176. The third-order valence-corrected chi connectivity index (χ3v) is 4.14. The van der Waals surface area contributed by atoms with Crippen LogP contribution in [0, 0.1) is 0 Å². The first-order chi connectivity index (χ1) is 11.7. The minimum absolute atomic E-state index is 0.0735. The quantitative estimate of drug-likeness (QED) is 0.190. The number of allylic oxidation sites excluding steroid dienone is 2. The molecule has 0 aliphatic heterocycles. The fourth-order valence-electron chi connectivity index (χ4n) is 1.94. The third kappa shape index (κ3) is 6.21. The van der Waals surface area contributed by atoms with E-state index in [2.05, 4.69) is 17.3 Å². The van der Waals surface area contributed by atoms with Crippen LogP contribution < -0.4 is 9.13 Å². The van der Waals surface area contributed by atoms with E-state index >= 15 is 0 Å². The lowest BCUT2D eigenvalue weighted by molar-refractivity contribution is -0.691. The van der Waals surface area contributed by atoms with Crippen LogP contribution >= 0.6 is 11.8 Å². The summed E-state index contributed by atoms with van der Waals surface area (Å²) >= 11 is 1.31. The van der Waals surface area contributed by atoms with Gasteiger partial charge < -0.3 is 10.3 Å². The number of nitrogens with zero attached hydrogens (tertiary/aromatic N) is 3. The summed E-state index contributed by atoms with van der Waals surface area (Å²) < 4.78 is 4.04. The first-order valence-corrected chi connectivity index (χ1v) is 8.31. The maximum atomic E-state index is 10.5. The molecule has 7 heteroatoms. The molecule has 0 aromatic carbocycles. The lowest BCUT2D eigenvalue weighted by atomic mass is 10.3. The van der Waals surface area contributed by atoms with Gasteiger partial charge in [-0.25, -0.2) is 9.13 Å². The van der Waals surface area contributed by atoms with Gasteiger partial charge in [0.2, 0.25) is 0 Å². The van der Waals surface area contributed by atoms with Crippen LogP contribution in [0.3, 0.4) is 0 Å². The number of aromatic nitrogens is 2. The maximum absolute atomic E-state index is 10.5. The normalized spacial score (nSPS) is 11.3. The lowest BCUT2D eigenvalue weighted by Gasteiger charge is -1.97. The van der Waals surface area contributed by atoms with Crippen LogP contribution in [0.15, 0.2) is 71.3 Å². The number of oxime groups is 1. The average Bonchev–Trinajstić information content (AvgIpc) is 2.59. The van der Waals surface area contributed by atoms with Gasteiger partial charge in [0.1, 0.15) is 0 Å². The topological polar surface area (TPSA) is 77.7 Å². The highest BCUT2D eigenvalue weighted by molar-refractivity contribution is 8.00. The number of carboxylic acids is 1. The first kappa shape index (κ1) is 17.7. The van der Waals surface area contributed by atoms with Crippen molar-refractivity contribution < 1.29 is 24.2 Å². The molecule has 24 heavy (non-hydrogen) atoms. The summed E-state index contributed by atoms with van der Waals surface area (Å²) in [6.07, 6.45) is 13.2. The number of thioether (sulfide) groups is 1. The van der Waals surface area contributed by atoms with E-state index in [1.807, 2.05) is 58.2 Å². The minimum atomic E-state index is -0.811. The van der Waals surface area contributed by atoms with Crippen molar-refractivity contribution in [3.05, 3.63) is 66.8 Å². The monoisotopic (exact) mass is 345 g/mol. The summed E-state index contributed by atoms with van der Waals surface area (Å²) in [5.74, 6) is -0.738. The second-order valence-electron chi connectivity index (χ2n) is 4.96. The Morgan fingerprint density at radius 1 is 1.04 bits per heavy atom. The van der Waals surface area contributed by atoms with Crippen molar-refractivity contribution in [2.24, 2.45) is 5.16 Å². The smallest absolute Gasteiger partial charge is 0.313 e. The summed E-state index contributed by atoms with van der Waals surface area (Å²) in [5.41, 5.74) is 0.842. The zero-order chi connectivity index (χ0) is 17.2. The molecule has 2 aromatic rings. The molecule has 2 rings (SSSR count). The molecule has 0 saturated carbocycles. The van der Waals surface area contributed by atoms with Crippen molar-refractivity contribution in [3.63, 3.8) is 0 Å². The molecule has 0 radical (unpaired) electrons. The Bertz CT molecular complexity index is 713. The summed E-state index contributed by atoms with van der Waals surface area (Å²) in [6.45, 7) is 1.50. The number of hydrogen-bond donors (Lipinski definition) is 2. The number of rotatable bonds is 8. The van der Waals surface area contributed by atoms with Gasteiger partial charge in [-0.3, -0.25) is 4.79 Å². The van der Waals surface area contributed by atoms with Crippen molar-refractivity contribution in [2.75, 3.05) is 5.75 Å².